The topological polar surface area (TPSA) is 66.8 Å². The van der Waals surface area contributed by atoms with Crippen LogP contribution < -0.4 is 11.1 Å². The first-order valence-corrected chi connectivity index (χ1v) is 21.4. The number of imidazole rings is 1. The van der Waals surface area contributed by atoms with Crippen LogP contribution in [0.4, 0.5) is 0 Å². The Balaban J connectivity index is 1.11. The molecule has 7 heteroatoms. The number of hydrogen-bond donors (Lipinski definition) is 0. The zero-order chi connectivity index (χ0) is 42.5. The molecule has 0 bridgehead atoms. The van der Waals surface area contributed by atoms with Crippen molar-refractivity contribution in [3.63, 3.8) is 0 Å². The summed E-state index contributed by atoms with van der Waals surface area (Å²) in [4.78, 5) is 35.4. The SMILES string of the molecule is O=c1c2cc3c(cc2c2cc4c(cc2c(=O)n1-c1ccccc1)c1ccccc1n4-c1ccc(-c2nc4ccccc4n2-c2ccccc2)cc1)c1ccccc1n3-c1ccccc1. The van der Waals surface area contributed by atoms with Gasteiger partial charge in [0, 0.05) is 49.6 Å². The lowest BCUT2D eigenvalue weighted by atomic mass is 10.0. The Morgan fingerprint density at radius 2 is 0.688 bits per heavy atom. The minimum atomic E-state index is -0.372. The van der Waals surface area contributed by atoms with Gasteiger partial charge in [0.15, 0.2) is 0 Å². The van der Waals surface area contributed by atoms with E-state index in [0.717, 1.165) is 83.1 Å². The fraction of sp³-hybridized carbons (Fsp3) is 0. The molecule has 0 atom stereocenters. The van der Waals surface area contributed by atoms with E-state index in [2.05, 4.69) is 117 Å². The molecular weight excluding hydrogens is 787 g/mol. The van der Waals surface area contributed by atoms with Crippen LogP contribution >= 0.6 is 0 Å². The van der Waals surface area contributed by atoms with E-state index in [9.17, 15) is 0 Å². The quantitative estimate of drug-likeness (QED) is 0.174. The second kappa shape index (κ2) is 13.9. The fourth-order valence-electron chi connectivity index (χ4n) is 9.93. The van der Waals surface area contributed by atoms with E-state index < -0.39 is 0 Å². The monoisotopic (exact) mass is 821 g/mol. The lowest BCUT2D eigenvalue weighted by molar-refractivity contribution is 0.976. The molecule has 0 N–H and O–H groups in total. The Labute approximate surface area is 365 Å². The number of rotatable bonds is 5. The molecule has 0 aliphatic rings. The van der Waals surface area contributed by atoms with Gasteiger partial charge in [-0.25, -0.2) is 9.55 Å². The van der Waals surface area contributed by atoms with Crippen molar-refractivity contribution in [3.8, 4) is 34.1 Å². The van der Waals surface area contributed by atoms with E-state index in [1.807, 2.05) is 109 Å². The van der Waals surface area contributed by atoms with Gasteiger partial charge < -0.3 is 9.13 Å². The van der Waals surface area contributed by atoms with Crippen LogP contribution in [0, 0.1) is 0 Å². The van der Waals surface area contributed by atoms with Crippen molar-refractivity contribution in [2.45, 2.75) is 0 Å². The van der Waals surface area contributed by atoms with E-state index in [4.69, 9.17) is 4.98 Å². The van der Waals surface area contributed by atoms with E-state index >= 15 is 9.59 Å². The lowest BCUT2D eigenvalue weighted by Crippen LogP contribution is -2.28. The Hall–Kier alpha value is -8.81. The highest BCUT2D eigenvalue weighted by molar-refractivity contribution is 6.21. The zero-order valence-corrected chi connectivity index (χ0v) is 34.3. The highest BCUT2D eigenvalue weighted by Crippen LogP contribution is 2.39. The van der Waals surface area contributed by atoms with E-state index in [-0.39, 0.29) is 11.1 Å². The third-order valence-corrected chi connectivity index (χ3v) is 12.8. The van der Waals surface area contributed by atoms with Gasteiger partial charge in [-0.3, -0.25) is 14.2 Å². The number of benzene rings is 9. The van der Waals surface area contributed by atoms with Crippen LogP contribution in [0.5, 0.6) is 0 Å². The second-order valence-electron chi connectivity index (χ2n) is 16.3. The average molecular weight is 822 g/mol. The summed E-state index contributed by atoms with van der Waals surface area (Å²) in [6, 6.07) is 71.5. The molecule has 0 aliphatic carbocycles. The van der Waals surface area contributed by atoms with Crippen LogP contribution in [-0.4, -0.2) is 23.3 Å². The van der Waals surface area contributed by atoms with Gasteiger partial charge in [-0.2, -0.15) is 0 Å². The highest BCUT2D eigenvalue weighted by Gasteiger charge is 2.22. The first-order chi connectivity index (χ1) is 31.6. The van der Waals surface area contributed by atoms with Gasteiger partial charge in [-0.15, -0.1) is 0 Å². The predicted octanol–water partition coefficient (Wildman–Crippen LogP) is 12.7. The van der Waals surface area contributed by atoms with Gasteiger partial charge in [-0.05, 0) is 120 Å². The third kappa shape index (κ3) is 5.25. The molecule has 7 nitrogen and oxygen atoms in total. The predicted molar refractivity (Wildman–Crippen MR) is 262 cm³/mol. The molecule has 300 valence electrons. The fourth-order valence-corrected chi connectivity index (χ4v) is 9.93. The maximum Gasteiger partial charge on any atom is 0.266 e. The maximum atomic E-state index is 15.2. The molecule has 0 unspecified atom stereocenters. The summed E-state index contributed by atoms with van der Waals surface area (Å²) < 4.78 is 8.03. The summed E-state index contributed by atoms with van der Waals surface area (Å²) in [5, 5.41) is 6.32. The van der Waals surface area contributed by atoms with Crippen molar-refractivity contribution in [2.75, 3.05) is 0 Å². The van der Waals surface area contributed by atoms with Gasteiger partial charge in [0.2, 0.25) is 0 Å². The number of nitrogens with zero attached hydrogens (tertiary/aromatic N) is 5. The molecule has 4 aromatic heterocycles. The number of fused-ring (bicyclic) bond motifs is 10. The second-order valence-corrected chi connectivity index (χ2v) is 16.3. The standard InChI is InChI=1S/C57H35N5O2/c63-56-47-33-46-42-23-11-14-26-51(42)60(40-30-28-36(29-31-40)55-58-49-24-12-15-27-52(49)61(55)38-18-6-2-7-19-38)53(46)34-44(47)43-32-45-41-22-10-13-25-50(41)59(37-16-4-1-5-17-37)54(45)35-48(43)57(64)62(56)39-20-8-3-9-21-39/h1-35H. The maximum absolute atomic E-state index is 15.2. The van der Waals surface area contributed by atoms with Crippen LogP contribution in [0.3, 0.4) is 0 Å². The average Bonchev–Trinajstić information content (AvgIpc) is 4.00. The van der Waals surface area contributed by atoms with E-state index in [1.165, 1.54) is 4.57 Å². The molecule has 0 radical (unpaired) electrons. The molecule has 9 aromatic carbocycles. The normalized spacial score (nSPS) is 11.9. The Kier molecular flexibility index (Phi) is 7.77. The molecule has 0 aliphatic heterocycles. The van der Waals surface area contributed by atoms with Crippen molar-refractivity contribution in [1.29, 1.82) is 0 Å². The summed E-state index contributed by atoms with van der Waals surface area (Å²) in [6.45, 7) is 0. The molecular formula is C57H35N5O2. The molecule has 64 heavy (non-hydrogen) atoms. The van der Waals surface area contributed by atoms with Gasteiger partial charge in [0.25, 0.3) is 11.1 Å². The zero-order valence-electron chi connectivity index (χ0n) is 34.3. The minimum Gasteiger partial charge on any atom is -0.309 e. The van der Waals surface area contributed by atoms with Crippen LogP contribution in [0.1, 0.15) is 0 Å². The molecule has 0 spiro atoms. The Morgan fingerprint density at radius 1 is 0.281 bits per heavy atom. The first kappa shape index (κ1) is 35.9. The highest BCUT2D eigenvalue weighted by atomic mass is 16.2. The van der Waals surface area contributed by atoms with Crippen LogP contribution in [0.2, 0.25) is 0 Å². The summed E-state index contributed by atoms with van der Waals surface area (Å²) >= 11 is 0. The van der Waals surface area contributed by atoms with Gasteiger partial charge in [0.05, 0.1) is 44.2 Å². The first-order valence-electron chi connectivity index (χ1n) is 21.4. The molecule has 13 aromatic rings. The van der Waals surface area contributed by atoms with Crippen molar-refractivity contribution in [3.05, 3.63) is 233 Å². The van der Waals surface area contributed by atoms with E-state index in [1.54, 1.807) is 0 Å². The van der Waals surface area contributed by atoms with Crippen molar-refractivity contribution in [2.24, 2.45) is 0 Å². The van der Waals surface area contributed by atoms with Crippen molar-refractivity contribution >= 4 is 76.2 Å². The van der Waals surface area contributed by atoms with E-state index in [0.29, 0.717) is 27.2 Å². The summed E-state index contributed by atoms with van der Waals surface area (Å²) in [6.07, 6.45) is 0. The van der Waals surface area contributed by atoms with Gasteiger partial charge in [-0.1, -0.05) is 103 Å². The van der Waals surface area contributed by atoms with Crippen LogP contribution in [0.25, 0.3) is 110 Å². The molecule has 0 saturated heterocycles. The van der Waals surface area contributed by atoms with Crippen LogP contribution in [0.15, 0.2) is 222 Å². The Bertz CT molecular complexity index is 4150. The van der Waals surface area contributed by atoms with Crippen molar-refractivity contribution < 1.29 is 0 Å². The van der Waals surface area contributed by atoms with Crippen LogP contribution in [-0.2, 0) is 0 Å². The molecule has 0 fully saturated rings. The molecule has 13 rings (SSSR count). The minimum absolute atomic E-state index is 0.368. The largest absolute Gasteiger partial charge is 0.309 e. The number of aromatic nitrogens is 5. The number of para-hydroxylation sites is 7. The van der Waals surface area contributed by atoms with Gasteiger partial charge >= 0.3 is 0 Å². The summed E-state index contributed by atoms with van der Waals surface area (Å²) in [5.74, 6) is 0.856. The lowest BCUT2D eigenvalue weighted by Gasteiger charge is -2.12. The molecule has 4 heterocycles. The summed E-state index contributed by atoms with van der Waals surface area (Å²) in [7, 11) is 0. The molecule has 0 saturated carbocycles. The van der Waals surface area contributed by atoms with Gasteiger partial charge in [0.1, 0.15) is 5.82 Å². The molecule has 0 amide bonds. The number of hydrogen-bond acceptors (Lipinski definition) is 3. The van der Waals surface area contributed by atoms with Crippen molar-refractivity contribution in [1.82, 2.24) is 23.3 Å². The Morgan fingerprint density at radius 3 is 1.27 bits per heavy atom. The third-order valence-electron chi connectivity index (χ3n) is 12.8. The summed E-state index contributed by atoms with van der Waals surface area (Å²) in [5.41, 5.74) is 9.57. The smallest absolute Gasteiger partial charge is 0.266 e.